The first-order valence-corrected chi connectivity index (χ1v) is 5.30. The Morgan fingerprint density at radius 3 is 2.61 bits per heavy atom. The van der Waals surface area contributed by atoms with Crippen LogP contribution in [0.25, 0.3) is 0 Å². The largest absolute Gasteiger partial charge is 0.444 e. The summed E-state index contributed by atoms with van der Waals surface area (Å²) in [7, 11) is 0. The fourth-order valence-electron chi connectivity index (χ4n) is 1.11. The van der Waals surface area contributed by atoms with Crippen LogP contribution in [0.4, 0.5) is 10.6 Å². The maximum absolute atomic E-state index is 11.5. The van der Waals surface area contributed by atoms with E-state index in [1.807, 2.05) is 5.92 Å². The summed E-state index contributed by atoms with van der Waals surface area (Å²) in [6.45, 7) is 5.24. The number of aromatic nitrogens is 1. The number of hydrogen-bond donors (Lipinski definition) is 1. The summed E-state index contributed by atoms with van der Waals surface area (Å²) in [5.41, 5.74) is -0.498. The van der Waals surface area contributed by atoms with Gasteiger partial charge in [0, 0.05) is 0 Å². The molecule has 0 aliphatic rings. The molecule has 0 bridgehead atoms. The van der Waals surface area contributed by atoms with Crippen LogP contribution in [0.2, 0.25) is 0 Å². The van der Waals surface area contributed by atoms with Crippen LogP contribution < -0.4 is 5.32 Å². The summed E-state index contributed by atoms with van der Waals surface area (Å²) in [4.78, 5) is 26.6. The highest BCUT2D eigenvalue weighted by atomic mass is 16.6. The lowest BCUT2D eigenvalue weighted by Gasteiger charge is -2.19. The number of Topliss-reactive ketones (excluding diaryl/α,β-unsaturated/α-hetero) is 1. The predicted molar refractivity (Wildman–Crippen MR) is 67.3 cm³/mol. The van der Waals surface area contributed by atoms with Crippen molar-refractivity contribution < 1.29 is 14.3 Å². The zero-order chi connectivity index (χ0) is 13.8. The average Bonchev–Trinajstić information content (AvgIpc) is 2.25. The highest BCUT2D eigenvalue weighted by Crippen LogP contribution is 2.10. The Kier molecular flexibility index (Phi) is 4.05. The number of hydrogen-bond acceptors (Lipinski definition) is 4. The molecule has 18 heavy (non-hydrogen) atoms. The van der Waals surface area contributed by atoms with Gasteiger partial charge in [-0.1, -0.05) is 6.07 Å². The molecule has 0 atom stereocenters. The molecule has 0 fully saturated rings. The van der Waals surface area contributed by atoms with Gasteiger partial charge < -0.3 is 4.74 Å². The molecule has 94 valence electrons. The molecule has 1 heterocycles. The van der Waals surface area contributed by atoms with Gasteiger partial charge in [-0.3, -0.25) is 10.1 Å². The smallest absolute Gasteiger partial charge is 0.413 e. The predicted octanol–water partition coefficient (Wildman–Crippen LogP) is 2.24. The van der Waals surface area contributed by atoms with Gasteiger partial charge in [-0.05, 0) is 38.8 Å². The summed E-state index contributed by atoms with van der Waals surface area (Å²) in [5.74, 6) is 1.63. The number of nitrogens with one attached hydrogen (secondary N) is 1. The van der Waals surface area contributed by atoms with Crippen LogP contribution in [0, 0.1) is 12.3 Å². The van der Waals surface area contributed by atoms with Crippen molar-refractivity contribution in [2.45, 2.75) is 26.4 Å². The lowest BCUT2D eigenvalue weighted by atomic mass is 10.2. The molecule has 5 nitrogen and oxygen atoms in total. The van der Waals surface area contributed by atoms with Crippen LogP contribution in [-0.4, -0.2) is 22.5 Å². The summed E-state index contributed by atoms with van der Waals surface area (Å²) >= 11 is 0. The fraction of sp³-hybridized carbons (Fsp3) is 0.308. The SMILES string of the molecule is C#CC(=O)c1cccc(NC(=O)OC(C)(C)C)n1. The lowest BCUT2D eigenvalue weighted by molar-refractivity contribution is 0.0635. The van der Waals surface area contributed by atoms with E-state index in [0.717, 1.165) is 0 Å². The van der Waals surface area contributed by atoms with Gasteiger partial charge in [0.15, 0.2) is 0 Å². The average molecular weight is 246 g/mol. The van der Waals surface area contributed by atoms with Gasteiger partial charge >= 0.3 is 6.09 Å². The van der Waals surface area contributed by atoms with Crippen LogP contribution in [0.1, 0.15) is 31.3 Å². The van der Waals surface area contributed by atoms with E-state index >= 15 is 0 Å². The van der Waals surface area contributed by atoms with E-state index in [2.05, 4.69) is 10.3 Å². The van der Waals surface area contributed by atoms with Crippen molar-refractivity contribution in [3.8, 4) is 12.3 Å². The molecule has 0 spiro atoms. The number of pyridine rings is 1. The third kappa shape index (κ3) is 4.26. The Morgan fingerprint density at radius 1 is 1.39 bits per heavy atom. The van der Waals surface area contributed by atoms with Gasteiger partial charge in [0.05, 0.1) is 0 Å². The van der Waals surface area contributed by atoms with Crippen LogP contribution in [0.15, 0.2) is 18.2 Å². The molecule has 0 radical (unpaired) electrons. The normalized spacial score (nSPS) is 10.3. The van der Waals surface area contributed by atoms with E-state index < -0.39 is 17.5 Å². The van der Waals surface area contributed by atoms with E-state index in [4.69, 9.17) is 11.2 Å². The minimum Gasteiger partial charge on any atom is -0.444 e. The zero-order valence-electron chi connectivity index (χ0n) is 10.5. The van der Waals surface area contributed by atoms with Crippen molar-refractivity contribution in [3.63, 3.8) is 0 Å². The molecular weight excluding hydrogens is 232 g/mol. The minimum absolute atomic E-state index is 0.103. The van der Waals surface area contributed by atoms with Crippen molar-refractivity contribution >= 4 is 17.7 Å². The highest BCUT2D eigenvalue weighted by Gasteiger charge is 2.16. The van der Waals surface area contributed by atoms with Gasteiger partial charge in [0.1, 0.15) is 17.1 Å². The van der Waals surface area contributed by atoms with Crippen molar-refractivity contribution in [2.24, 2.45) is 0 Å². The third-order valence-corrected chi connectivity index (χ3v) is 1.74. The maximum Gasteiger partial charge on any atom is 0.413 e. The van der Waals surface area contributed by atoms with Crippen molar-refractivity contribution in [3.05, 3.63) is 23.9 Å². The second kappa shape index (κ2) is 5.32. The van der Waals surface area contributed by atoms with Crippen LogP contribution in [-0.2, 0) is 4.74 Å². The monoisotopic (exact) mass is 246 g/mol. The molecule has 0 saturated heterocycles. The number of rotatable bonds is 2. The van der Waals surface area contributed by atoms with Gasteiger partial charge in [-0.2, -0.15) is 0 Å². The molecule has 1 N–H and O–H groups in total. The maximum atomic E-state index is 11.5. The molecule has 1 aromatic rings. The Morgan fingerprint density at radius 2 is 2.06 bits per heavy atom. The Labute approximate surface area is 106 Å². The molecule has 0 saturated carbocycles. The van der Waals surface area contributed by atoms with Gasteiger partial charge in [-0.15, -0.1) is 6.42 Å². The lowest BCUT2D eigenvalue weighted by Crippen LogP contribution is -2.27. The van der Waals surface area contributed by atoms with Crippen molar-refractivity contribution in [1.82, 2.24) is 4.98 Å². The second-order valence-corrected chi connectivity index (χ2v) is 4.51. The molecule has 1 amide bonds. The number of terminal acetylenes is 1. The quantitative estimate of drug-likeness (QED) is 0.493. The van der Waals surface area contributed by atoms with Gasteiger partial charge in [-0.25, -0.2) is 9.78 Å². The number of ether oxygens (including phenoxy) is 1. The van der Waals surface area contributed by atoms with Crippen LogP contribution >= 0.6 is 0 Å². The number of amides is 1. The standard InChI is InChI=1S/C13H14N2O3/c1-5-10(16)9-7-6-8-11(14-9)15-12(17)18-13(2,3)4/h1,6-8H,2-4H3,(H,14,15,17). The second-order valence-electron chi connectivity index (χ2n) is 4.51. The third-order valence-electron chi connectivity index (χ3n) is 1.74. The van der Waals surface area contributed by atoms with Crippen molar-refractivity contribution in [1.29, 1.82) is 0 Å². The topological polar surface area (TPSA) is 68.3 Å². The highest BCUT2D eigenvalue weighted by molar-refractivity contribution is 6.07. The fourth-order valence-corrected chi connectivity index (χ4v) is 1.11. The molecular formula is C13H14N2O3. The summed E-state index contributed by atoms with van der Waals surface area (Å²) in [6, 6.07) is 4.59. The van der Waals surface area contributed by atoms with Crippen LogP contribution in [0.5, 0.6) is 0 Å². The molecule has 1 rings (SSSR count). The van der Waals surface area contributed by atoms with Gasteiger partial charge in [0.2, 0.25) is 0 Å². The van der Waals surface area contributed by atoms with Gasteiger partial charge in [0.25, 0.3) is 5.78 Å². The Balaban J connectivity index is 2.78. The zero-order valence-corrected chi connectivity index (χ0v) is 10.5. The van der Waals surface area contributed by atoms with E-state index in [0.29, 0.717) is 0 Å². The number of carbonyl (C=O) groups excluding carboxylic acids is 2. The molecule has 0 aliphatic heterocycles. The Bertz CT molecular complexity index is 510. The summed E-state index contributed by atoms with van der Waals surface area (Å²) in [5, 5.41) is 2.42. The minimum atomic E-state index is -0.639. The van der Waals surface area contributed by atoms with Crippen LogP contribution in [0.3, 0.4) is 0 Å². The number of nitrogens with zero attached hydrogens (tertiary/aromatic N) is 1. The number of carbonyl (C=O) groups is 2. The first-order valence-electron chi connectivity index (χ1n) is 5.30. The van der Waals surface area contributed by atoms with Crippen molar-refractivity contribution in [2.75, 3.05) is 5.32 Å². The first kappa shape index (κ1) is 13.7. The van der Waals surface area contributed by atoms with E-state index in [1.165, 1.54) is 12.1 Å². The van der Waals surface area contributed by atoms with E-state index in [-0.39, 0.29) is 11.5 Å². The molecule has 0 aliphatic carbocycles. The summed E-state index contributed by atoms with van der Waals surface area (Å²) < 4.78 is 5.05. The Hall–Kier alpha value is -2.35. The molecule has 1 aromatic heterocycles. The number of anilines is 1. The van der Waals surface area contributed by atoms with E-state index in [1.54, 1.807) is 26.8 Å². The molecule has 0 unspecified atom stereocenters. The molecule has 0 aromatic carbocycles. The summed E-state index contributed by atoms with van der Waals surface area (Å²) in [6.07, 6.45) is 4.35. The molecule has 5 heteroatoms. The number of ketones is 1. The first-order chi connectivity index (χ1) is 8.31. The van der Waals surface area contributed by atoms with E-state index in [9.17, 15) is 9.59 Å².